The highest BCUT2D eigenvalue weighted by atomic mass is 16.5. The molecule has 1 saturated carbocycles. The molecule has 1 heterocycles. The molecular weight excluding hydrogens is 224 g/mol. The zero-order valence-electron chi connectivity index (χ0n) is 12.2. The second kappa shape index (κ2) is 6.36. The van der Waals surface area contributed by atoms with E-state index in [-0.39, 0.29) is 5.41 Å². The van der Waals surface area contributed by atoms with Gasteiger partial charge in [-0.15, -0.1) is 0 Å². The summed E-state index contributed by atoms with van der Waals surface area (Å²) >= 11 is 0. The van der Waals surface area contributed by atoms with Gasteiger partial charge in [-0.25, -0.2) is 0 Å². The van der Waals surface area contributed by atoms with Gasteiger partial charge in [0.15, 0.2) is 0 Å². The Morgan fingerprint density at radius 1 is 1.33 bits per heavy atom. The smallest absolute Gasteiger partial charge is 0.0546 e. The Hall–Kier alpha value is -0.120. The lowest BCUT2D eigenvalue weighted by Gasteiger charge is -2.43. The first-order valence-electron chi connectivity index (χ1n) is 7.63. The van der Waals surface area contributed by atoms with Crippen LogP contribution in [0.4, 0.5) is 0 Å². The number of hydrogen-bond acceptors (Lipinski definition) is 3. The van der Waals surface area contributed by atoms with E-state index in [1.54, 1.807) is 0 Å². The molecular formula is C15H30N2O. The van der Waals surface area contributed by atoms with E-state index in [0.29, 0.717) is 0 Å². The minimum absolute atomic E-state index is 0.216. The lowest BCUT2D eigenvalue weighted by Crippen LogP contribution is -2.49. The molecule has 2 aliphatic rings. The van der Waals surface area contributed by atoms with Crippen LogP contribution in [-0.2, 0) is 4.74 Å². The summed E-state index contributed by atoms with van der Waals surface area (Å²) in [4.78, 5) is 2.57. The van der Waals surface area contributed by atoms with Gasteiger partial charge < -0.3 is 15.4 Å². The third-order valence-electron chi connectivity index (χ3n) is 4.95. The highest BCUT2D eigenvalue weighted by Gasteiger charge is 2.35. The highest BCUT2D eigenvalue weighted by molar-refractivity contribution is 4.88. The molecule has 0 bridgehead atoms. The Morgan fingerprint density at radius 3 is 2.78 bits per heavy atom. The molecule has 1 aliphatic heterocycles. The van der Waals surface area contributed by atoms with Gasteiger partial charge in [0, 0.05) is 31.2 Å². The van der Waals surface area contributed by atoms with E-state index < -0.39 is 0 Å². The van der Waals surface area contributed by atoms with Crippen LogP contribution in [0.2, 0.25) is 0 Å². The molecule has 0 aromatic heterocycles. The van der Waals surface area contributed by atoms with E-state index >= 15 is 0 Å². The Balaban J connectivity index is 1.89. The zero-order chi connectivity index (χ0) is 13.0. The van der Waals surface area contributed by atoms with Crippen molar-refractivity contribution < 1.29 is 4.74 Å². The number of hydrogen-bond donors (Lipinski definition) is 1. The topological polar surface area (TPSA) is 38.5 Å². The van der Waals surface area contributed by atoms with Crippen molar-refractivity contribution in [1.82, 2.24) is 4.90 Å². The Labute approximate surface area is 112 Å². The number of ether oxygens (including phenoxy) is 1. The highest BCUT2D eigenvalue weighted by Crippen LogP contribution is 2.32. The predicted octanol–water partition coefficient (Wildman–Crippen LogP) is 2.25. The molecule has 0 radical (unpaired) electrons. The maximum atomic E-state index is 6.04. The average molecular weight is 254 g/mol. The van der Waals surface area contributed by atoms with E-state index in [2.05, 4.69) is 18.9 Å². The third-order valence-corrected chi connectivity index (χ3v) is 4.95. The standard InChI is InChI=1S/C15H30N2O/c1-13-5-3-6-14(9-13)17(2)11-15(10-16)7-4-8-18-12-15/h13-14H,3-12,16H2,1-2H3. The van der Waals surface area contributed by atoms with Gasteiger partial charge in [-0.3, -0.25) is 0 Å². The van der Waals surface area contributed by atoms with Crippen molar-refractivity contribution in [1.29, 1.82) is 0 Å². The normalized spacial score (nSPS) is 38.0. The van der Waals surface area contributed by atoms with Crippen LogP contribution in [0.25, 0.3) is 0 Å². The van der Waals surface area contributed by atoms with Gasteiger partial charge in [-0.2, -0.15) is 0 Å². The van der Waals surface area contributed by atoms with E-state index in [9.17, 15) is 0 Å². The summed E-state index contributed by atoms with van der Waals surface area (Å²) in [5.41, 5.74) is 6.25. The van der Waals surface area contributed by atoms with E-state index in [0.717, 1.165) is 38.3 Å². The molecule has 2 N–H and O–H groups in total. The summed E-state index contributed by atoms with van der Waals surface area (Å²) in [6, 6.07) is 0.763. The largest absolute Gasteiger partial charge is 0.381 e. The molecule has 1 saturated heterocycles. The molecule has 0 aromatic carbocycles. The first kappa shape index (κ1) is 14.3. The summed E-state index contributed by atoms with van der Waals surface area (Å²) < 4.78 is 5.68. The summed E-state index contributed by atoms with van der Waals surface area (Å²) in [6.45, 7) is 6.05. The van der Waals surface area contributed by atoms with Gasteiger partial charge in [-0.05, 0) is 38.6 Å². The molecule has 0 amide bonds. The molecule has 18 heavy (non-hydrogen) atoms. The molecule has 1 aliphatic carbocycles. The Kier molecular flexibility index (Phi) is 5.05. The minimum Gasteiger partial charge on any atom is -0.381 e. The molecule has 0 spiro atoms. The molecule has 2 rings (SSSR count). The monoisotopic (exact) mass is 254 g/mol. The first-order valence-corrected chi connectivity index (χ1v) is 7.63. The molecule has 3 heteroatoms. The van der Waals surface area contributed by atoms with Crippen LogP contribution in [0.1, 0.15) is 45.4 Å². The summed E-state index contributed by atoms with van der Waals surface area (Å²) in [7, 11) is 2.29. The molecule has 3 nitrogen and oxygen atoms in total. The van der Waals surface area contributed by atoms with E-state index in [1.807, 2.05) is 0 Å². The number of nitrogens with zero attached hydrogens (tertiary/aromatic N) is 1. The predicted molar refractivity (Wildman–Crippen MR) is 75.6 cm³/mol. The van der Waals surface area contributed by atoms with Crippen molar-refractivity contribution in [2.45, 2.75) is 51.5 Å². The minimum atomic E-state index is 0.216. The SMILES string of the molecule is CC1CCCC(N(C)CC2(CN)CCCOC2)C1. The van der Waals surface area contributed by atoms with Gasteiger partial charge in [0.2, 0.25) is 0 Å². The average Bonchev–Trinajstić information content (AvgIpc) is 2.40. The van der Waals surface area contributed by atoms with Gasteiger partial charge in [0.1, 0.15) is 0 Å². The number of nitrogens with two attached hydrogens (primary N) is 1. The Morgan fingerprint density at radius 2 is 2.17 bits per heavy atom. The second-order valence-corrected chi connectivity index (χ2v) is 6.70. The maximum absolute atomic E-state index is 6.04. The lowest BCUT2D eigenvalue weighted by molar-refractivity contribution is -0.0274. The summed E-state index contributed by atoms with van der Waals surface area (Å²) in [5.74, 6) is 0.891. The van der Waals surface area contributed by atoms with Crippen molar-refractivity contribution in [3.8, 4) is 0 Å². The fourth-order valence-electron chi connectivity index (χ4n) is 3.72. The quantitative estimate of drug-likeness (QED) is 0.836. The van der Waals surface area contributed by atoms with Crippen LogP contribution >= 0.6 is 0 Å². The van der Waals surface area contributed by atoms with Gasteiger partial charge in [-0.1, -0.05) is 19.8 Å². The molecule has 106 valence electrons. The fraction of sp³-hybridized carbons (Fsp3) is 1.00. The lowest BCUT2D eigenvalue weighted by atomic mass is 9.80. The van der Waals surface area contributed by atoms with E-state index in [4.69, 9.17) is 10.5 Å². The van der Waals surface area contributed by atoms with Gasteiger partial charge in [0.05, 0.1) is 6.61 Å². The van der Waals surface area contributed by atoms with E-state index in [1.165, 1.54) is 38.5 Å². The maximum Gasteiger partial charge on any atom is 0.0546 e. The van der Waals surface area contributed by atoms with Crippen molar-refractivity contribution in [2.75, 3.05) is 33.4 Å². The third kappa shape index (κ3) is 3.46. The van der Waals surface area contributed by atoms with Crippen molar-refractivity contribution in [3.63, 3.8) is 0 Å². The van der Waals surface area contributed by atoms with Gasteiger partial charge >= 0.3 is 0 Å². The first-order chi connectivity index (χ1) is 8.65. The molecule has 3 atom stereocenters. The number of rotatable bonds is 4. The fourth-order valence-corrected chi connectivity index (χ4v) is 3.72. The summed E-state index contributed by atoms with van der Waals surface area (Å²) in [6.07, 6.45) is 7.93. The van der Waals surface area contributed by atoms with Crippen molar-refractivity contribution in [2.24, 2.45) is 17.1 Å². The molecule has 0 aromatic rings. The molecule has 2 fully saturated rings. The Bertz CT molecular complexity index is 251. The van der Waals surface area contributed by atoms with Gasteiger partial charge in [0.25, 0.3) is 0 Å². The van der Waals surface area contributed by atoms with Crippen molar-refractivity contribution >= 4 is 0 Å². The van der Waals surface area contributed by atoms with Crippen LogP contribution in [-0.4, -0.2) is 44.3 Å². The van der Waals surface area contributed by atoms with Crippen LogP contribution < -0.4 is 5.73 Å². The van der Waals surface area contributed by atoms with Crippen LogP contribution in [0, 0.1) is 11.3 Å². The van der Waals surface area contributed by atoms with Crippen molar-refractivity contribution in [3.05, 3.63) is 0 Å². The summed E-state index contributed by atoms with van der Waals surface area (Å²) in [5, 5.41) is 0. The second-order valence-electron chi connectivity index (χ2n) is 6.70. The molecule has 3 unspecified atom stereocenters. The van der Waals surface area contributed by atoms with Crippen LogP contribution in [0.3, 0.4) is 0 Å². The van der Waals surface area contributed by atoms with Crippen LogP contribution in [0.5, 0.6) is 0 Å². The zero-order valence-corrected chi connectivity index (χ0v) is 12.2. The van der Waals surface area contributed by atoms with Crippen LogP contribution in [0.15, 0.2) is 0 Å².